The minimum atomic E-state index is -0.678. The fourth-order valence-electron chi connectivity index (χ4n) is 3.59. The molecule has 2 aromatic heterocycles. The molecule has 0 spiro atoms. The van der Waals surface area contributed by atoms with Crippen LogP contribution >= 0.6 is 0 Å². The molecule has 2 aromatic rings. The van der Waals surface area contributed by atoms with Gasteiger partial charge in [-0.05, 0) is 44.6 Å². The van der Waals surface area contributed by atoms with Crippen molar-refractivity contribution < 1.29 is 15.0 Å². The van der Waals surface area contributed by atoms with Gasteiger partial charge in [-0.15, -0.1) is 0 Å². The molecule has 1 amide bonds. The van der Waals surface area contributed by atoms with Crippen molar-refractivity contribution in [2.45, 2.75) is 45.6 Å². The average molecular weight is 347 g/mol. The minimum Gasteiger partial charge on any atom is -0.394 e. The molecule has 0 bridgehead atoms. The quantitative estimate of drug-likeness (QED) is 0.804. The summed E-state index contributed by atoms with van der Waals surface area (Å²) in [5.74, 6) is 0.779. The van der Waals surface area contributed by atoms with Crippen LogP contribution in [0.5, 0.6) is 0 Å². The number of amides is 1. The van der Waals surface area contributed by atoms with Gasteiger partial charge in [-0.3, -0.25) is 4.79 Å². The third kappa shape index (κ3) is 3.64. The lowest BCUT2D eigenvalue weighted by Crippen LogP contribution is -2.42. The lowest BCUT2D eigenvalue weighted by Gasteiger charge is -2.33. The molecule has 136 valence electrons. The standard InChI is InChI=1S/C17H25N5O3/c1-11-14(12(2)22-17(20-11)18-10-19-22)3-4-16(25)21-7-5-13(6-8-21)15(24)9-23/h10,13,15,23-24H,3-9H2,1-2H3. The van der Waals surface area contributed by atoms with E-state index in [2.05, 4.69) is 15.1 Å². The van der Waals surface area contributed by atoms with E-state index in [1.165, 1.54) is 6.33 Å². The number of fused-ring (bicyclic) bond motifs is 1. The van der Waals surface area contributed by atoms with Gasteiger partial charge in [0.15, 0.2) is 0 Å². The van der Waals surface area contributed by atoms with Gasteiger partial charge in [0.05, 0.1) is 12.7 Å². The molecule has 0 aromatic carbocycles. The maximum atomic E-state index is 12.5. The molecule has 3 heterocycles. The highest BCUT2D eigenvalue weighted by Crippen LogP contribution is 2.22. The topological polar surface area (TPSA) is 104 Å². The molecule has 1 unspecified atom stereocenters. The van der Waals surface area contributed by atoms with E-state index in [4.69, 9.17) is 5.11 Å². The van der Waals surface area contributed by atoms with Gasteiger partial charge in [0.2, 0.25) is 5.91 Å². The summed E-state index contributed by atoms with van der Waals surface area (Å²) in [6, 6.07) is 0. The molecule has 2 N–H and O–H groups in total. The Hall–Kier alpha value is -2.06. The van der Waals surface area contributed by atoms with E-state index in [0.717, 1.165) is 29.8 Å². The molecule has 0 aliphatic carbocycles. The highest BCUT2D eigenvalue weighted by Gasteiger charge is 2.27. The first kappa shape index (κ1) is 17.8. The molecule has 1 aliphatic heterocycles. The van der Waals surface area contributed by atoms with E-state index in [1.807, 2.05) is 18.7 Å². The number of carbonyl (C=O) groups excluding carboxylic acids is 1. The van der Waals surface area contributed by atoms with Crippen molar-refractivity contribution in [2.75, 3.05) is 19.7 Å². The Kier molecular flexibility index (Phi) is 5.29. The SMILES string of the molecule is Cc1nc2ncnn2c(C)c1CCC(=O)N1CCC(C(O)CO)CC1. The number of aliphatic hydroxyl groups is 2. The van der Waals surface area contributed by atoms with Crippen LogP contribution in [-0.4, -0.2) is 66.4 Å². The molecular weight excluding hydrogens is 322 g/mol. The Morgan fingerprint density at radius 2 is 2.08 bits per heavy atom. The van der Waals surface area contributed by atoms with E-state index >= 15 is 0 Å². The summed E-state index contributed by atoms with van der Waals surface area (Å²) in [6.45, 7) is 4.97. The van der Waals surface area contributed by atoms with Crippen molar-refractivity contribution in [3.05, 3.63) is 23.3 Å². The predicted octanol–water partition coefficient (Wildman–Crippen LogP) is 0.266. The number of likely N-dealkylation sites (tertiary alicyclic amines) is 1. The number of aromatic nitrogens is 4. The van der Waals surface area contributed by atoms with Gasteiger partial charge >= 0.3 is 0 Å². The smallest absolute Gasteiger partial charge is 0.252 e. The van der Waals surface area contributed by atoms with Crippen molar-refractivity contribution >= 4 is 11.7 Å². The molecule has 3 rings (SSSR count). The van der Waals surface area contributed by atoms with Crippen LogP contribution in [0.3, 0.4) is 0 Å². The van der Waals surface area contributed by atoms with E-state index in [9.17, 15) is 9.90 Å². The van der Waals surface area contributed by atoms with Crippen LogP contribution in [0.4, 0.5) is 0 Å². The highest BCUT2D eigenvalue weighted by atomic mass is 16.3. The summed E-state index contributed by atoms with van der Waals surface area (Å²) in [6.07, 6.45) is 3.32. The largest absolute Gasteiger partial charge is 0.394 e. The number of aryl methyl sites for hydroxylation is 2. The first-order valence-electron chi connectivity index (χ1n) is 8.73. The summed E-state index contributed by atoms with van der Waals surface area (Å²) < 4.78 is 1.70. The van der Waals surface area contributed by atoms with Crippen LogP contribution in [0, 0.1) is 19.8 Å². The second kappa shape index (κ2) is 7.45. The van der Waals surface area contributed by atoms with Gasteiger partial charge in [0, 0.05) is 30.9 Å². The number of nitrogens with zero attached hydrogens (tertiary/aromatic N) is 5. The van der Waals surface area contributed by atoms with Gasteiger partial charge < -0.3 is 15.1 Å². The molecular formula is C17H25N5O3. The summed E-state index contributed by atoms with van der Waals surface area (Å²) in [5, 5.41) is 22.9. The van der Waals surface area contributed by atoms with Gasteiger partial charge in [0.1, 0.15) is 6.33 Å². The molecule has 25 heavy (non-hydrogen) atoms. The third-order valence-electron chi connectivity index (χ3n) is 5.20. The number of rotatable bonds is 5. The zero-order valence-electron chi connectivity index (χ0n) is 14.7. The molecule has 0 saturated carbocycles. The molecule has 0 radical (unpaired) electrons. The molecule has 1 fully saturated rings. The fourth-order valence-corrected chi connectivity index (χ4v) is 3.59. The summed E-state index contributed by atoms with van der Waals surface area (Å²) >= 11 is 0. The average Bonchev–Trinajstić information content (AvgIpc) is 3.09. The molecule has 8 nitrogen and oxygen atoms in total. The summed E-state index contributed by atoms with van der Waals surface area (Å²) in [5.41, 5.74) is 2.89. The Balaban J connectivity index is 1.60. The number of piperidine rings is 1. The van der Waals surface area contributed by atoms with Gasteiger partial charge in [0.25, 0.3) is 5.78 Å². The Morgan fingerprint density at radius 3 is 2.76 bits per heavy atom. The third-order valence-corrected chi connectivity index (χ3v) is 5.20. The Bertz CT molecular complexity index is 752. The fraction of sp³-hybridized carbons (Fsp3) is 0.647. The second-order valence-electron chi connectivity index (χ2n) is 6.70. The van der Waals surface area contributed by atoms with Crippen molar-refractivity contribution in [1.29, 1.82) is 0 Å². The van der Waals surface area contributed by atoms with Crippen molar-refractivity contribution in [3.8, 4) is 0 Å². The minimum absolute atomic E-state index is 0.0810. The van der Waals surface area contributed by atoms with Crippen LogP contribution in [-0.2, 0) is 11.2 Å². The van der Waals surface area contributed by atoms with Crippen LogP contribution in [0.15, 0.2) is 6.33 Å². The van der Waals surface area contributed by atoms with Crippen molar-refractivity contribution in [2.24, 2.45) is 5.92 Å². The van der Waals surface area contributed by atoms with E-state index in [1.54, 1.807) is 4.52 Å². The Morgan fingerprint density at radius 1 is 1.36 bits per heavy atom. The Labute approximate surface area is 146 Å². The maximum Gasteiger partial charge on any atom is 0.252 e. The number of carbonyl (C=O) groups is 1. The number of hydrogen-bond acceptors (Lipinski definition) is 6. The maximum absolute atomic E-state index is 12.5. The molecule has 1 saturated heterocycles. The lowest BCUT2D eigenvalue weighted by atomic mass is 9.91. The van der Waals surface area contributed by atoms with Gasteiger partial charge in [-0.25, -0.2) is 9.50 Å². The number of hydrogen-bond donors (Lipinski definition) is 2. The summed E-state index contributed by atoms with van der Waals surface area (Å²) in [4.78, 5) is 22.9. The van der Waals surface area contributed by atoms with E-state index in [-0.39, 0.29) is 18.4 Å². The molecule has 8 heteroatoms. The van der Waals surface area contributed by atoms with Crippen LogP contribution in [0.25, 0.3) is 5.78 Å². The zero-order valence-corrected chi connectivity index (χ0v) is 14.7. The normalized spacial score (nSPS) is 17.2. The number of aliphatic hydroxyl groups excluding tert-OH is 2. The first-order chi connectivity index (χ1) is 12.0. The van der Waals surface area contributed by atoms with Gasteiger partial charge in [-0.1, -0.05) is 0 Å². The second-order valence-corrected chi connectivity index (χ2v) is 6.70. The van der Waals surface area contributed by atoms with Crippen molar-refractivity contribution in [3.63, 3.8) is 0 Å². The van der Waals surface area contributed by atoms with E-state index in [0.29, 0.717) is 31.7 Å². The van der Waals surface area contributed by atoms with Crippen molar-refractivity contribution in [1.82, 2.24) is 24.5 Å². The van der Waals surface area contributed by atoms with Gasteiger partial charge in [-0.2, -0.15) is 10.1 Å². The molecule has 1 aliphatic rings. The predicted molar refractivity (Wildman–Crippen MR) is 91.0 cm³/mol. The first-order valence-corrected chi connectivity index (χ1v) is 8.73. The van der Waals surface area contributed by atoms with Crippen LogP contribution < -0.4 is 0 Å². The van der Waals surface area contributed by atoms with Crippen LogP contribution in [0.1, 0.15) is 36.2 Å². The zero-order chi connectivity index (χ0) is 18.0. The monoisotopic (exact) mass is 347 g/mol. The lowest BCUT2D eigenvalue weighted by molar-refractivity contribution is -0.133. The summed E-state index contributed by atoms with van der Waals surface area (Å²) in [7, 11) is 0. The van der Waals surface area contributed by atoms with Crippen LogP contribution in [0.2, 0.25) is 0 Å². The van der Waals surface area contributed by atoms with E-state index < -0.39 is 6.10 Å². The molecule has 1 atom stereocenters. The highest BCUT2D eigenvalue weighted by molar-refractivity contribution is 5.76.